The molecule has 1 aromatic rings. The summed E-state index contributed by atoms with van der Waals surface area (Å²) in [6.07, 6.45) is 1.51. The first-order valence-electron chi connectivity index (χ1n) is 5.12. The monoisotopic (exact) mass is 248 g/mol. The Labute approximate surface area is 104 Å². The average Bonchev–Trinajstić information content (AvgIpc) is 2.40. The maximum absolute atomic E-state index is 11.3. The molecule has 18 heavy (non-hydrogen) atoms. The fourth-order valence-corrected chi connectivity index (χ4v) is 1.03. The third-order valence-corrected chi connectivity index (χ3v) is 1.82. The summed E-state index contributed by atoms with van der Waals surface area (Å²) >= 11 is 0. The number of hydrogen-bond donors (Lipinski definition) is 1. The summed E-state index contributed by atoms with van der Waals surface area (Å²) in [5.41, 5.74) is 2.74. The van der Waals surface area contributed by atoms with Crippen molar-refractivity contribution in [3.05, 3.63) is 18.3 Å². The molecule has 0 unspecified atom stereocenters. The Balaban J connectivity index is 2.77. The predicted molar refractivity (Wildman–Crippen MR) is 64.1 cm³/mol. The second kappa shape index (κ2) is 6.85. The van der Waals surface area contributed by atoms with Crippen molar-refractivity contribution in [2.75, 3.05) is 19.1 Å². The molecule has 0 fully saturated rings. The van der Waals surface area contributed by atoms with Crippen molar-refractivity contribution >= 4 is 17.4 Å². The molecule has 1 N–H and O–H groups in total. The number of hydrazone groups is 1. The number of nitrogens with zero attached hydrogens (tertiary/aromatic N) is 3. The van der Waals surface area contributed by atoms with Gasteiger partial charge in [0.25, 0.3) is 0 Å². The normalized spacial score (nSPS) is 10.4. The summed E-state index contributed by atoms with van der Waals surface area (Å²) in [6, 6.07) is 4.84. The lowest BCUT2D eigenvalue weighted by Crippen LogP contribution is -2.17. The van der Waals surface area contributed by atoms with Crippen molar-refractivity contribution in [3.8, 4) is 11.9 Å². The SMILES string of the molecule is CCOC(=O)/C(C#N)=N\Nc1ccnc(OC)c1. The van der Waals surface area contributed by atoms with Crippen molar-refractivity contribution in [1.82, 2.24) is 4.98 Å². The van der Waals surface area contributed by atoms with Gasteiger partial charge in [-0.1, -0.05) is 0 Å². The first-order valence-corrected chi connectivity index (χ1v) is 5.12. The zero-order valence-corrected chi connectivity index (χ0v) is 10.0. The van der Waals surface area contributed by atoms with Crippen LogP contribution in [0.15, 0.2) is 23.4 Å². The fourth-order valence-electron chi connectivity index (χ4n) is 1.03. The Morgan fingerprint density at radius 1 is 1.67 bits per heavy atom. The van der Waals surface area contributed by atoms with Crippen LogP contribution < -0.4 is 10.2 Å². The van der Waals surface area contributed by atoms with E-state index in [9.17, 15) is 4.79 Å². The van der Waals surface area contributed by atoms with Gasteiger partial charge in [0, 0.05) is 12.3 Å². The molecule has 0 saturated heterocycles. The highest BCUT2D eigenvalue weighted by Gasteiger charge is 2.11. The minimum absolute atomic E-state index is 0.183. The summed E-state index contributed by atoms with van der Waals surface area (Å²) in [5, 5.41) is 12.4. The van der Waals surface area contributed by atoms with Crippen LogP contribution in [-0.2, 0) is 9.53 Å². The van der Waals surface area contributed by atoms with E-state index in [4.69, 9.17) is 10.00 Å². The first-order chi connectivity index (χ1) is 8.71. The minimum Gasteiger partial charge on any atom is -0.481 e. The average molecular weight is 248 g/mol. The molecule has 94 valence electrons. The van der Waals surface area contributed by atoms with Crippen LogP contribution in [0.25, 0.3) is 0 Å². The Morgan fingerprint density at radius 2 is 2.44 bits per heavy atom. The zero-order chi connectivity index (χ0) is 13.4. The summed E-state index contributed by atoms with van der Waals surface area (Å²) < 4.78 is 9.58. The fraction of sp³-hybridized carbons (Fsp3) is 0.273. The lowest BCUT2D eigenvalue weighted by Gasteiger charge is -2.03. The number of ether oxygens (including phenoxy) is 2. The van der Waals surface area contributed by atoms with E-state index in [1.165, 1.54) is 13.3 Å². The number of esters is 1. The largest absolute Gasteiger partial charge is 0.481 e. The van der Waals surface area contributed by atoms with Gasteiger partial charge < -0.3 is 9.47 Å². The number of carbonyl (C=O) groups is 1. The van der Waals surface area contributed by atoms with Gasteiger partial charge in [-0.2, -0.15) is 10.4 Å². The second-order valence-electron chi connectivity index (χ2n) is 2.99. The molecule has 0 saturated carbocycles. The van der Waals surface area contributed by atoms with Gasteiger partial charge in [-0.15, -0.1) is 0 Å². The molecule has 0 amide bonds. The van der Waals surface area contributed by atoms with Crippen molar-refractivity contribution < 1.29 is 14.3 Å². The number of aromatic nitrogens is 1. The lowest BCUT2D eigenvalue weighted by atomic mass is 10.4. The lowest BCUT2D eigenvalue weighted by molar-refractivity contribution is -0.134. The number of anilines is 1. The van der Waals surface area contributed by atoms with Crippen molar-refractivity contribution in [1.29, 1.82) is 5.26 Å². The molecule has 0 spiro atoms. The maximum Gasteiger partial charge on any atom is 0.369 e. The van der Waals surface area contributed by atoms with Gasteiger partial charge in [-0.05, 0) is 13.0 Å². The Bertz CT molecular complexity index is 493. The van der Waals surface area contributed by atoms with E-state index in [-0.39, 0.29) is 12.3 Å². The molecule has 0 atom stereocenters. The van der Waals surface area contributed by atoms with E-state index in [0.717, 1.165) is 0 Å². The molecule has 0 aliphatic carbocycles. The highest BCUT2D eigenvalue weighted by Crippen LogP contribution is 2.13. The van der Waals surface area contributed by atoms with Crippen LogP contribution in [0.1, 0.15) is 6.92 Å². The van der Waals surface area contributed by atoms with E-state index in [2.05, 4.69) is 20.2 Å². The van der Waals surface area contributed by atoms with Crippen molar-refractivity contribution in [3.63, 3.8) is 0 Å². The van der Waals surface area contributed by atoms with Crippen LogP contribution in [0.5, 0.6) is 5.88 Å². The molecule has 7 heteroatoms. The van der Waals surface area contributed by atoms with Crippen molar-refractivity contribution in [2.45, 2.75) is 6.92 Å². The molecule has 1 heterocycles. The van der Waals surface area contributed by atoms with E-state index in [1.807, 2.05) is 0 Å². The molecular formula is C11H12N4O3. The second-order valence-corrected chi connectivity index (χ2v) is 2.99. The Kier molecular flexibility index (Phi) is 5.12. The molecule has 1 aromatic heterocycles. The number of carbonyl (C=O) groups excluding carboxylic acids is 1. The highest BCUT2D eigenvalue weighted by atomic mass is 16.5. The Morgan fingerprint density at radius 3 is 3.06 bits per heavy atom. The predicted octanol–water partition coefficient (Wildman–Crippen LogP) is 0.945. The summed E-state index contributed by atoms with van der Waals surface area (Å²) in [5.74, 6) is -0.377. The molecule has 7 nitrogen and oxygen atoms in total. The van der Waals surface area contributed by atoms with Crippen LogP contribution >= 0.6 is 0 Å². The van der Waals surface area contributed by atoms with Gasteiger partial charge >= 0.3 is 5.97 Å². The Hall–Kier alpha value is -2.62. The zero-order valence-electron chi connectivity index (χ0n) is 10.0. The third-order valence-electron chi connectivity index (χ3n) is 1.82. The van der Waals surface area contributed by atoms with E-state index in [1.54, 1.807) is 25.1 Å². The van der Waals surface area contributed by atoms with E-state index >= 15 is 0 Å². The summed E-state index contributed by atoms with van der Waals surface area (Å²) in [7, 11) is 1.48. The van der Waals surface area contributed by atoms with E-state index in [0.29, 0.717) is 11.6 Å². The molecule has 0 bridgehead atoms. The minimum atomic E-state index is -0.770. The number of nitriles is 1. The molecule has 0 aliphatic heterocycles. The van der Waals surface area contributed by atoms with Crippen LogP contribution in [0.2, 0.25) is 0 Å². The van der Waals surface area contributed by atoms with Crippen LogP contribution in [0.4, 0.5) is 5.69 Å². The van der Waals surface area contributed by atoms with Gasteiger partial charge in [0.2, 0.25) is 11.6 Å². The van der Waals surface area contributed by atoms with Crippen LogP contribution in [0.3, 0.4) is 0 Å². The summed E-state index contributed by atoms with van der Waals surface area (Å²) in [4.78, 5) is 15.2. The molecular weight excluding hydrogens is 236 g/mol. The number of rotatable bonds is 5. The third kappa shape index (κ3) is 3.75. The highest BCUT2D eigenvalue weighted by molar-refractivity contribution is 6.43. The number of pyridine rings is 1. The van der Waals surface area contributed by atoms with Crippen molar-refractivity contribution in [2.24, 2.45) is 5.10 Å². The molecule has 1 rings (SSSR count). The smallest absolute Gasteiger partial charge is 0.369 e. The maximum atomic E-state index is 11.3. The van der Waals surface area contributed by atoms with Crippen LogP contribution in [0, 0.1) is 11.3 Å². The van der Waals surface area contributed by atoms with E-state index < -0.39 is 5.97 Å². The topological polar surface area (TPSA) is 96.6 Å². The van der Waals surface area contributed by atoms with Gasteiger partial charge in [-0.25, -0.2) is 9.78 Å². The number of nitrogens with one attached hydrogen (secondary N) is 1. The number of methoxy groups -OCH3 is 1. The number of hydrogen-bond acceptors (Lipinski definition) is 7. The molecule has 0 aromatic carbocycles. The standard InChI is InChI=1S/C11H12N4O3/c1-3-18-11(16)9(7-12)15-14-8-4-5-13-10(6-8)17-2/h4-6H,3H2,1-2H3,(H,13,14)/b15-9-. The first kappa shape index (κ1) is 13.4. The van der Waals surface area contributed by atoms with Crippen LogP contribution in [-0.4, -0.2) is 30.4 Å². The van der Waals surface area contributed by atoms with Gasteiger partial charge in [-0.3, -0.25) is 5.43 Å². The summed E-state index contributed by atoms with van der Waals surface area (Å²) in [6.45, 7) is 1.83. The van der Waals surface area contributed by atoms with Gasteiger partial charge in [0.15, 0.2) is 0 Å². The molecule has 0 aliphatic rings. The quantitative estimate of drug-likeness (QED) is 0.473. The molecule has 0 radical (unpaired) electrons. The van der Waals surface area contributed by atoms with Gasteiger partial charge in [0.05, 0.1) is 19.4 Å². The van der Waals surface area contributed by atoms with Gasteiger partial charge in [0.1, 0.15) is 6.07 Å².